The van der Waals surface area contributed by atoms with Crippen molar-refractivity contribution in [1.29, 1.82) is 0 Å². The van der Waals surface area contributed by atoms with E-state index in [0.717, 1.165) is 6.07 Å². The molecule has 32 heavy (non-hydrogen) atoms. The number of aromatic hydroxyl groups is 1. The second-order valence-electron chi connectivity index (χ2n) is 7.63. The molecule has 168 valence electrons. The number of fused-ring (bicyclic) bond motifs is 1. The summed E-state index contributed by atoms with van der Waals surface area (Å²) in [5.41, 5.74) is 0.621. The van der Waals surface area contributed by atoms with Crippen molar-refractivity contribution in [2.75, 3.05) is 13.1 Å². The van der Waals surface area contributed by atoms with Crippen LogP contribution in [0.3, 0.4) is 0 Å². The number of halogens is 3. The van der Waals surface area contributed by atoms with E-state index >= 15 is 0 Å². The second-order valence-corrected chi connectivity index (χ2v) is 7.63. The summed E-state index contributed by atoms with van der Waals surface area (Å²) >= 11 is 0. The van der Waals surface area contributed by atoms with E-state index in [0.29, 0.717) is 10.9 Å². The normalized spacial score (nSPS) is 15.7. The van der Waals surface area contributed by atoms with Gasteiger partial charge in [-0.2, -0.15) is 0 Å². The van der Waals surface area contributed by atoms with E-state index in [2.05, 4.69) is 5.32 Å². The Morgan fingerprint density at radius 3 is 2.50 bits per heavy atom. The van der Waals surface area contributed by atoms with Crippen LogP contribution in [-0.4, -0.2) is 46.1 Å². The zero-order valence-electron chi connectivity index (χ0n) is 16.7. The van der Waals surface area contributed by atoms with E-state index in [9.17, 15) is 27.9 Å². The van der Waals surface area contributed by atoms with Gasteiger partial charge in [-0.15, -0.1) is 0 Å². The molecule has 1 aliphatic rings. The van der Waals surface area contributed by atoms with Gasteiger partial charge in [-0.05, 0) is 35.9 Å². The number of alkyl halides is 2. The van der Waals surface area contributed by atoms with Crippen LogP contribution >= 0.6 is 0 Å². The Morgan fingerprint density at radius 2 is 1.84 bits per heavy atom. The monoisotopic (exact) mass is 448 g/mol. The Bertz CT molecular complexity index is 1200. The number of rotatable bonds is 4. The third kappa shape index (κ3) is 4.34. The van der Waals surface area contributed by atoms with Gasteiger partial charge in [0.2, 0.25) is 0 Å². The third-order valence-electron chi connectivity index (χ3n) is 5.37. The molecular weight excluding hydrogens is 429 g/mol. The van der Waals surface area contributed by atoms with Crippen LogP contribution in [-0.2, 0) is 6.54 Å². The molecule has 0 unspecified atom stereocenters. The van der Waals surface area contributed by atoms with Crippen LogP contribution in [0, 0.1) is 5.82 Å². The first kappa shape index (κ1) is 21.5. The van der Waals surface area contributed by atoms with Crippen molar-refractivity contribution in [3.63, 3.8) is 0 Å². The van der Waals surface area contributed by atoms with E-state index in [1.807, 2.05) is 0 Å². The quantitative estimate of drug-likeness (QED) is 0.542. The SMILES string of the molecule is O=C(O)NCc1cc2cc(-c3ccc(C(=O)N4CCC(F)(F)CC4)cc3F)cc(O)c2o1. The van der Waals surface area contributed by atoms with Gasteiger partial charge in [0.05, 0.1) is 6.54 Å². The molecule has 0 bridgehead atoms. The lowest BCUT2D eigenvalue weighted by Crippen LogP contribution is -2.42. The lowest BCUT2D eigenvalue weighted by molar-refractivity contribution is -0.0494. The Balaban J connectivity index is 1.58. The number of phenolic OH excluding ortho intramolecular Hbond substituents is 1. The minimum Gasteiger partial charge on any atom is -0.504 e. The Hall–Kier alpha value is -3.69. The molecule has 3 aromatic rings. The summed E-state index contributed by atoms with van der Waals surface area (Å²) in [6.45, 7) is -0.301. The maximum atomic E-state index is 14.9. The lowest BCUT2D eigenvalue weighted by atomic mass is 10.00. The molecule has 0 saturated carbocycles. The molecule has 2 aromatic carbocycles. The number of likely N-dealkylation sites (tertiary alicyclic amines) is 1. The Morgan fingerprint density at radius 1 is 1.12 bits per heavy atom. The Labute approximate surface area is 180 Å². The molecule has 3 N–H and O–H groups in total. The molecule has 0 atom stereocenters. The fourth-order valence-corrected chi connectivity index (χ4v) is 3.70. The predicted molar refractivity (Wildman–Crippen MR) is 108 cm³/mol. The minimum atomic E-state index is -2.79. The molecule has 4 rings (SSSR count). The zero-order chi connectivity index (χ0) is 23.0. The van der Waals surface area contributed by atoms with Gasteiger partial charge in [0.25, 0.3) is 11.8 Å². The highest BCUT2D eigenvalue weighted by Crippen LogP contribution is 2.35. The summed E-state index contributed by atoms with van der Waals surface area (Å²) in [5, 5.41) is 21.6. The minimum absolute atomic E-state index is 0.0482. The number of piperidine rings is 1. The van der Waals surface area contributed by atoms with Crippen molar-refractivity contribution >= 4 is 23.0 Å². The van der Waals surface area contributed by atoms with Gasteiger partial charge >= 0.3 is 6.09 Å². The van der Waals surface area contributed by atoms with Crippen LogP contribution < -0.4 is 5.32 Å². The smallest absolute Gasteiger partial charge is 0.405 e. The molecular formula is C22H19F3N2O5. The molecule has 1 saturated heterocycles. The number of hydrogen-bond donors (Lipinski definition) is 3. The van der Waals surface area contributed by atoms with Crippen LogP contribution in [0.5, 0.6) is 5.75 Å². The van der Waals surface area contributed by atoms with Gasteiger partial charge in [-0.1, -0.05) is 6.07 Å². The van der Waals surface area contributed by atoms with E-state index in [1.165, 1.54) is 29.2 Å². The molecule has 0 aliphatic carbocycles. The van der Waals surface area contributed by atoms with Crippen LogP contribution in [0.1, 0.15) is 29.0 Å². The van der Waals surface area contributed by atoms with Crippen molar-refractivity contribution in [2.45, 2.75) is 25.3 Å². The highest BCUT2D eigenvalue weighted by atomic mass is 19.3. The van der Waals surface area contributed by atoms with E-state index in [-0.39, 0.29) is 47.9 Å². The summed E-state index contributed by atoms with van der Waals surface area (Å²) in [5.74, 6) is -4.01. The first-order valence-corrected chi connectivity index (χ1v) is 9.82. The molecule has 10 heteroatoms. The van der Waals surface area contributed by atoms with E-state index in [1.54, 1.807) is 6.07 Å². The summed E-state index contributed by atoms with van der Waals surface area (Å²) in [6.07, 6.45) is -2.08. The zero-order valence-corrected chi connectivity index (χ0v) is 16.7. The number of carbonyl (C=O) groups excluding carboxylic acids is 1. The average Bonchev–Trinajstić information content (AvgIpc) is 3.15. The molecule has 7 nitrogen and oxygen atoms in total. The van der Waals surface area contributed by atoms with Gasteiger partial charge in [-0.3, -0.25) is 4.79 Å². The first-order valence-electron chi connectivity index (χ1n) is 9.82. The molecule has 1 aromatic heterocycles. The fourth-order valence-electron chi connectivity index (χ4n) is 3.70. The van der Waals surface area contributed by atoms with Crippen molar-refractivity contribution < 1.29 is 37.4 Å². The maximum absolute atomic E-state index is 14.9. The van der Waals surface area contributed by atoms with Crippen LogP contribution in [0.4, 0.5) is 18.0 Å². The summed E-state index contributed by atoms with van der Waals surface area (Å²) < 4.78 is 46.9. The van der Waals surface area contributed by atoms with Crippen molar-refractivity contribution in [3.05, 3.63) is 53.5 Å². The van der Waals surface area contributed by atoms with Gasteiger partial charge in [-0.25, -0.2) is 18.0 Å². The number of carbonyl (C=O) groups is 2. The molecule has 1 aliphatic heterocycles. The molecule has 2 amide bonds. The topological polar surface area (TPSA) is 103 Å². The maximum Gasteiger partial charge on any atom is 0.405 e. The second kappa shape index (κ2) is 8.10. The van der Waals surface area contributed by atoms with Gasteiger partial charge < -0.3 is 24.8 Å². The number of nitrogens with one attached hydrogen (secondary N) is 1. The number of nitrogens with zero attached hydrogens (tertiary/aromatic N) is 1. The first-order chi connectivity index (χ1) is 15.1. The number of phenols is 1. The third-order valence-corrected chi connectivity index (χ3v) is 5.37. The number of amides is 2. The summed E-state index contributed by atoms with van der Waals surface area (Å²) in [4.78, 5) is 24.5. The highest BCUT2D eigenvalue weighted by molar-refractivity contribution is 5.95. The van der Waals surface area contributed by atoms with Gasteiger partial charge in [0.1, 0.15) is 11.6 Å². The number of carboxylic acid groups (broad SMARTS) is 1. The Kier molecular flexibility index (Phi) is 5.45. The van der Waals surface area contributed by atoms with Crippen molar-refractivity contribution in [1.82, 2.24) is 10.2 Å². The number of hydrogen-bond acceptors (Lipinski definition) is 4. The van der Waals surface area contributed by atoms with E-state index in [4.69, 9.17) is 9.52 Å². The van der Waals surface area contributed by atoms with Gasteiger partial charge in [0, 0.05) is 42.4 Å². The van der Waals surface area contributed by atoms with Crippen LogP contribution in [0.15, 0.2) is 40.8 Å². The van der Waals surface area contributed by atoms with E-state index < -0.39 is 36.6 Å². The molecule has 1 fully saturated rings. The summed E-state index contributed by atoms with van der Waals surface area (Å²) in [7, 11) is 0. The fraction of sp³-hybridized carbons (Fsp3) is 0.273. The van der Waals surface area contributed by atoms with Gasteiger partial charge in [0.15, 0.2) is 11.3 Å². The average molecular weight is 448 g/mol. The lowest BCUT2D eigenvalue weighted by Gasteiger charge is -2.31. The van der Waals surface area contributed by atoms with Crippen molar-refractivity contribution in [2.24, 2.45) is 0 Å². The van der Waals surface area contributed by atoms with Crippen LogP contribution in [0.25, 0.3) is 22.1 Å². The molecule has 2 heterocycles. The van der Waals surface area contributed by atoms with Crippen LogP contribution in [0.2, 0.25) is 0 Å². The van der Waals surface area contributed by atoms with Crippen molar-refractivity contribution in [3.8, 4) is 16.9 Å². The predicted octanol–water partition coefficient (Wildman–Crippen LogP) is 4.58. The molecule has 0 radical (unpaired) electrons. The standard InChI is InChI=1S/C22H19F3N2O5/c23-17-9-12(20(29)27-5-3-22(24,25)4-6-27)1-2-16(17)13-7-14-8-15(11-26-21(30)31)32-19(14)18(28)10-13/h1-2,7-10,26,28H,3-6,11H2,(H,30,31). The molecule has 0 spiro atoms. The number of furan rings is 1. The number of benzene rings is 2. The largest absolute Gasteiger partial charge is 0.504 e. The summed E-state index contributed by atoms with van der Waals surface area (Å²) in [6, 6.07) is 8.23. The highest BCUT2D eigenvalue weighted by Gasteiger charge is 2.35.